The average molecular weight is 1470 g/mol. The van der Waals surface area contributed by atoms with Gasteiger partial charge >= 0.3 is 0 Å². The van der Waals surface area contributed by atoms with E-state index in [1.807, 2.05) is 6.08 Å². The number of aliphatic hydroxyl groups is 11. The zero-order valence-electron chi connectivity index (χ0n) is 65.1. The summed E-state index contributed by atoms with van der Waals surface area (Å²) in [4.78, 5) is 13.5. The molecule has 3 saturated heterocycles. The number of ether oxygens (including phenoxy) is 6. The van der Waals surface area contributed by atoms with Crippen LogP contribution in [0.4, 0.5) is 0 Å². The molecule has 12 N–H and O–H groups in total. The minimum Gasteiger partial charge on any atom is -0.394 e. The van der Waals surface area contributed by atoms with Gasteiger partial charge in [0.15, 0.2) is 18.9 Å². The highest BCUT2D eigenvalue weighted by Gasteiger charge is 2.54. The van der Waals surface area contributed by atoms with Crippen LogP contribution in [0.25, 0.3) is 0 Å². The van der Waals surface area contributed by atoms with Crippen molar-refractivity contribution in [3.63, 3.8) is 0 Å². The van der Waals surface area contributed by atoms with Crippen LogP contribution in [0.5, 0.6) is 0 Å². The fraction of sp³-hybridized carbons (Fsp3) is 0.917. The average Bonchev–Trinajstić information content (AvgIpc) is 0.781. The lowest BCUT2D eigenvalue weighted by Crippen LogP contribution is -2.66. The SMILES string of the molecule is CCCCCCCCCC/C=C\CCCCCCCCCCCCCCCCCCCC(=O)NC(COC1OC(CO)C(OC2OC(CO)C(OC3OC(CO)C(O)C(O)C3O)C(O)C2O)C(O)C1O)C(O)/C=C/CC/C=C/CCCCCCCCCCCCCCCCCCCCCCCCC. The predicted molar refractivity (Wildman–Crippen MR) is 411 cm³/mol. The second-order valence-corrected chi connectivity index (χ2v) is 30.6. The zero-order valence-corrected chi connectivity index (χ0v) is 65.1. The summed E-state index contributed by atoms with van der Waals surface area (Å²) in [6, 6.07) is -0.991. The van der Waals surface area contributed by atoms with Crippen molar-refractivity contribution in [3.05, 3.63) is 36.5 Å². The fourth-order valence-corrected chi connectivity index (χ4v) is 14.6. The molecule has 3 aliphatic rings. The van der Waals surface area contributed by atoms with E-state index in [9.17, 15) is 61.0 Å². The Hall–Kier alpha value is -1.99. The Morgan fingerprint density at radius 2 is 0.621 bits per heavy atom. The highest BCUT2D eigenvalue weighted by atomic mass is 16.8. The molecule has 19 nitrogen and oxygen atoms in total. The van der Waals surface area contributed by atoms with Gasteiger partial charge in [-0.05, 0) is 57.8 Å². The molecule has 0 spiro atoms. The van der Waals surface area contributed by atoms with E-state index in [-0.39, 0.29) is 18.9 Å². The topological polar surface area (TPSA) is 307 Å². The molecule has 3 rings (SSSR count). The Labute approximate surface area is 625 Å². The van der Waals surface area contributed by atoms with Crippen molar-refractivity contribution in [2.75, 3.05) is 26.4 Å². The van der Waals surface area contributed by atoms with Crippen LogP contribution in [-0.2, 0) is 33.2 Å². The molecule has 606 valence electrons. The van der Waals surface area contributed by atoms with E-state index in [1.165, 1.54) is 289 Å². The molecule has 0 aromatic rings. The maximum Gasteiger partial charge on any atom is 0.220 e. The summed E-state index contributed by atoms with van der Waals surface area (Å²) in [7, 11) is 0. The van der Waals surface area contributed by atoms with Gasteiger partial charge in [-0.3, -0.25) is 4.79 Å². The number of hydrogen-bond donors (Lipinski definition) is 12. The summed E-state index contributed by atoms with van der Waals surface area (Å²) in [5.41, 5.74) is 0. The molecule has 0 saturated carbocycles. The Bertz CT molecular complexity index is 2000. The first-order chi connectivity index (χ1) is 50.3. The largest absolute Gasteiger partial charge is 0.394 e. The number of carbonyl (C=O) groups excluding carboxylic acids is 1. The van der Waals surface area contributed by atoms with Gasteiger partial charge in [0.25, 0.3) is 0 Å². The van der Waals surface area contributed by atoms with E-state index in [1.54, 1.807) is 6.08 Å². The summed E-state index contributed by atoms with van der Waals surface area (Å²) in [5.74, 6) is -0.278. The third-order valence-electron chi connectivity index (χ3n) is 21.4. The summed E-state index contributed by atoms with van der Waals surface area (Å²) < 4.78 is 34.5. The van der Waals surface area contributed by atoms with Crippen LogP contribution in [0.3, 0.4) is 0 Å². The second-order valence-electron chi connectivity index (χ2n) is 30.6. The highest BCUT2D eigenvalue weighted by molar-refractivity contribution is 5.76. The minimum absolute atomic E-state index is 0.239. The smallest absolute Gasteiger partial charge is 0.220 e. The van der Waals surface area contributed by atoms with Crippen LogP contribution in [0, 0.1) is 0 Å². The van der Waals surface area contributed by atoms with Crippen molar-refractivity contribution in [1.29, 1.82) is 0 Å². The highest BCUT2D eigenvalue weighted by Crippen LogP contribution is 2.33. The van der Waals surface area contributed by atoms with Crippen LogP contribution in [0.2, 0.25) is 0 Å². The molecule has 17 unspecified atom stereocenters. The van der Waals surface area contributed by atoms with Gasteiger partial charge < -0.3 is 89.9 Å². The lowest BCUT2D eigenvalue weighted by Gasteiger charge is -2.48. The second kappa shape index (κ2) is 64.8. The molecule has 0 aliphatic carbocycles. The van der Waals surface area contributed by atoms with Crippen molar-refractivity contribution in [2.24, 2.45) is 0 Å². The third-order valence-corrected chi connectivity index (χ3v) is 21.4. The van der Waals surface area contributed by atoms with E-state index in [0.29, 0.717) is 12.8 Å². The summed E-state index contributed by atoms with van der Waals surface area (Å²) in [6.45, 7) is 1.78. The van der Waals surface area contributed by atoms with Crippen LogP contribution >= 0.6 is 0 Å². The number of allylic oxidation sites excluding steroid dienone is 5. The van der Waals surface area contributed by atoms with E-state index >= 15 is 0 Å². The van der Waals surface area contributed by atoms with E-state index in [2.05, 4.69) is 43.5 Å². The summed E-state index contributed by atoms with van der Waals surface area (Å²) >= 11 is 0. The van der Waals surface area contributed by atoms with Crippen molar-refractivity contribution in [1.82, 2.24) is 5.32 Å². The standard InChI is InChI=1S/C84H157NO18/c1-3-5-7-9-11-13-15-17-19-21-23-25-27-29-31-33-35-37-39-41-43-45-47-49-51-53-55-57-59-61-68(89)67(85-72(90)62-60-58-56-54-52-50-48-46-44-42-40-38-36-34-32-30-28-26-24-22-20-18-16-14-12-10-8-6-4-2)66-98-82-78(96)75(93)80(70(64-87)100-82)103-84-79(97)76(94)81(71(65-88)101-84)102-83-77(95)74(92)73(91)69(63-86)99-83/h22,24,51,53,59,61,67-71,73-84,86-89,91-97H,3-21,23,25-50,52,54-58,60,62-66H2,1-2H3,(H,85,90)/b24-22-,53-51+,61-59+. The first-order valence-electron chi connectivity index (χ1n) is 42.7. The quantitative estimate of drug-likeness (QED) is 0.0199. The number of rotatable bonds is 69. The molecular weight excluding hydrogens is 1310 g/mol. The fourth-order valence-electron chi connectivity index (χ4n) is 14.6. The minimum atomic E-state index is -1.98. The molecule has 3 aliphatic heterocycles. The summed E-state index contributed by atoms with van der Waals surface area (Å²) in [6.07, 6.45) is 54.3. The van der Waals surface area contributed by atoms with E-state index in [0.717, 1.165) is 38.5 Å². The lowest BCUT2D eigenvalue weighted by molar-refractivity contribution is -0.379. The predicted octanol–water partition coefficient (Wildman–Crippen LogP) is 15.1. The van der Waals surface area contributed by atoms with Gasteiger partial charge in [0.2, 0.25) is 5.91 Å². The monoisotopic (exact) mass is 1470 g/mol. The van der Waals surface area contributed by atoms with Gasteiger partial charge in [0, 0.05) is 6.42 Å². The van der Waals surface area contributed by atoms with Gasteiger partial charge in [-0.1, -0.05) is 333 Å². The maximum absolute atomic E-state index is 13.5. The molecule has 0 radical (unpaired) electrons. The van der Waals surface area contributed by atoms with Crippen LogP contribution in [0.1, 0.15) is 361 Å². The van der Waals surface area contributed by atoms with Gasteiger partial charge in [-0.2, -0.15) is 0 Å². The molecule has 17 atom stereocenters. The van der Waals surface area contributed by atoms with Crippen molar-refractivity contribution >= 4 is 5.91 Å². The van der Waals surface area contributed by atoms with Crippen LogP contribution < -0.4 is 5.32 Å². The molecule has 103 heavy (non-hydrogen) atoms. The molecule has 0 aromatic heterocycles. The van der Waals surface area contributed by atoms with Crippen LogP contribution in [0.15, 0.2) is 36.5 Å². The number of carbonyl (C=O) groups is 1. The molecule has 3 fully saturated rings. The number of unbranched alkanes of at least 4 members (excludes halogenated alkanes) is 49. The molecular formula is C84H157NO18. The molecule has 0 aromatic carbocycles. The zero-order chi connectivity index (χ0) is 74.6. The first-order valence-corrected chi connectivity index (χ1v) is 42.7. The Morgan fingerprint density at radius 1 is 0.340 bits per heavy atom. The van der Waals surface area contributed by atoms with E-state index in [4.69, 9.17) is 28.4 Å². The number of amides is 1. The molecule has 0 bridgehead atoms. The molecule has 3 heterocycles. The third kappa shape index (κ3) is 44.5. The molecule has 19 heteroatoms. The number of aliphatic hydroxyl groups excluding tert-OH is 11. The Morgan fingerprint density at radius 3 is 0.971 bits per heavy atom. The van der Waals surface area contributed by atoms with Gasteiger partial charge in [0.1, 0.15) is 73.2 Å². The van der Waals surface area contributed by atoms with Crippen molar-refractivity contribution in [3.8, 4) is 0 Å². The van der Waals surface area contributed by atoms with Crippen molar-refractivity contribution in [2.45, 2.75) is 465 Å². The lowest BCUT2D eigenvalue weighted by atomic mass is 9.96. The number of hydrogen-bond acceptors (Lipinski definition) is 18. The van der Waals surface area contributed by atoms with Gasteiger partial charge in [0.05, 0.1) is 38.6 Å². The Kier molecular flexibility index (Phi) is 59.9. The first kappa shape index (κ1) is 95.2. The van der Waals surface area contributed by atoms with Gasteiger partial charge in [-0.25, -0.2) is 0 Å². The molecule has 1 amide bonds. The number of nitrogens with one attached hydrogen (secondary N) is 1. The Balaban J connectivity index is 1.36. The summed E-state index contributed by atoms with van der Waals surface area (Å²) in [5, 5.41) is 121. The maximum atomic E-state index is 13.5. The van der Waals surface area contributed by atoms with Crippen molar-refractivity contribution < 1.29 is 89.4 Å². The van der Waals surface area contributed by atoms with E-state index < -0.39 is 124 Å². The van der Waals surface area contributed by atoms with Crippen LogP contribution in [-0.4, -0.2) is 193 Å². The normalized spacial score (nSPS) is 26.2. The van der Waals surface area contributed by atoms with Gasteiger partial charge in [-0.15, -0.1) is 0 Å².